The number of aromatic nitrogens is 3. The Bertz CT molecular complexity index is 3210. The highest BCUT2D eigenvalue weighted by molar-refractivity contribution is 6.20. The predicted molar refractivity (Wildman–Crippen MR) is 235 cm³/mol. The monoisotopic (exact) mass is 727 g/mol. The molecular formula is C53H33N3O. The Morgan fingerprint density at radius 2 is 0.754 bits per heavy atom. The number of hydrogen-bond acceptors (Lipinski definition) is 4. The SMILES string of the molecule is c1ccc(-c2ccc(-c3ccc(-c4ccc(-c5nc(-c6ccccc6)nc(-c6ccccc6)n5)c5ccccc45)c4oc5cc6ccccc6cc5c34)cc2)cc1. The van der Waals surface area contributed by atoms with Crippen LogP contribution in [0.25, 0.3) is 111 Å². The number of rotatable bonds is 6. The molecule has 0 radical (unpaired) electrons. The quantitative estimate of drug-likeness (QED) is 0.171. The summed E-state index contributed by atoms with van der Waals surface area (Å²) in [7, 11) is 0. The van der Waals surface area contributed by atoms with Gasteiger partial charge in [0.25, 0.3) is 0 Å². The normalized spacial score (nSPS) is 11.5. The summed E-state index contributed by atoms with van der Waals surface area (Å²) in [5, 5.41) is 6.67. The van der Waals surface area contributed by atoms with E-state index < -0.39 is 0 Å². The van der Waals surface area contributed by atoms with E-state index in [9.17, 15) is 0 Å². The molecule has 0 aliphatic heterocycles. The second kappa shape index (κ2) is 13.6. The topological polar surface area (TPSA) is 51.8 Å². The van der Waals surface area contributed by atoms with E-state index in [2.05, 4.69) is 140 Å². The summed E-state index contributed by atoms with van der Waals surface area (Å²) in [5.74, 6) is 1.90. The van der Waals surface area contributed by atoms with Gasteiger partial charge in [0.05, 0.1) is 0 Å². The third kappa shape index (κ3) is 5.74. The van der Waals surface area contributed by atoms with Crippen molar-refractivity contribution in [2.24, 2.45) is 0 Å². The van der Waals surface area contributed by atoms with Gasteiger partial charge in [-0.3, -0.25) is 0 Å². The van der Waals surface area contributed by atoms with Crippen molar-refractivity contribution >= 4 is 43.5 Å². The van der Waals surface area contributed by atoms with Crippen LogP contribution in [0, 0.1) is 0 Å². The lowest BCUT2D eigenvalue weighted by Crippen LogP contribution is -2.00. The number of furan rings is 1. The minimum Gasteiger partial charge on any atom is -0.455 e. The zero-order valence-corrected chi connectivity index (χ0v) is 30.8. The van der Waals surface area contributed by atoms with Crippen LogP contribution < -0.4 is 0 Å². The first-order chi connectivity index (χ1) is 28.2. The second-order valence-corrected chi connectivity index (χ2v) is 14.4. The molecule has 9 aromatic carbocycles. The molecule has 0 saturated carbocycles. The fourth-order valence-corrected chi connectivity index (χ4v) is 8.15. The van der Waals surface area contributed by atoms with Crippen molar-refractivity contribution in [1.82, 2.24) is 15.0 Å². The average Bonchev–Trinajstić information content (AvgIpc) is 3.67. The molecule has 266 valence electrons. The van der Waals surface area contributed by atoms with E-state index in [0.717, 1.165) is 77.0 Å². The number of hydrogen-bond donors (Lipinski definition) is 0. The van der Waals surface area contributed by atoms with Crippen LogP contribution >= 0.6 is 0 Å². The van der Waals surface area contributed by atoms with Crippen molar-refractivity contribution in [1.29, 1.82) is 0 Å². The zero-order chi connectivity index (χ0) is 37.7. The highest BCUT2D eigenvalue weighted by Crippen LogP contribution is 2.45. The first-order valence-corrected chi connectivity index (χ1v) is 19.2. The molecule has 0 saturated heterocycles. The molecule has 11 aromatic rings. The van der Waals surface area contributed by atoms with Crippen LogP contribution in [0.2, 0.25) is 0 Å². The van der Waals surface area contributed by atoms with Gasteiger partial charge >= 0.3 is 0 Å². The smallest absolute Gasteiger partial charge is 0.164 e. The summed E-state index contributed by atoms with van der Waals surface area (Å²) < 4.78 is 6.96. The van der Waals surface area contributed by atoms with Crippen LogP contribution in [0.4, 0.5) is 0 Å². The lowest BCUT2D eigenvalue weighted by atomic mass is 9.90. The number of nitrogens with zero attached hydrogens (tertiary/aromatic N) is 3. The number of benzene rings is 9. The van der Waals surface area contributed by atoms with Crippen LogP contribution in [-0.4, -0.2) is 15.0 Å². The lowest BCUT2D eigenvalue weighted by Gasteiger charge is -2.14. The molecule has 0 bridgehead atoms. The Labute approximate surface area is 329 Å². The molecule has 0 spiro atoms. The van der Waals surface area contributed by atoms with Crippen molar-refractivity contribution < 1.29 is 4.42 Å². The Balaban J connectivity index is 1.12. The summed E-state index contributed by atoms with van der Waals surface area (Å²) in [6, 6.07) is 69.9. The Kier molecular flexibility index (Phi) is 7.78. The van der Waals surface area contributed by atoms with Gasteiger partial charge in [-0.2, -0.15) is 0 Å². The molecule has 11 rings (SSSR count). The summed E-state index contributed by atoms with van der Waals surface area (Å²) in [6.07, 6.45) is 0. The van der Waals surface area contributed by atoms with Gasteiger partial charge < -0.3 is 4.42 Å². The summed E-state index contributed by atoms with van der Waals surface area (Å²) in [6.45, 7) is 0. The fourth-order valence-electron chi connectivity index (χ4n) is 8.15. The molecule has 4 nitrogen and oxygen atoms in total. The largest absolute Gasteiger partial charge is 0.455 e. The lowest BCUT2D eigenvalue weighted by molar-refractivity contribution is 0.670. The van der Waals surface area contributed by atoms with Gasteiger partial charge in [-0.05, 0) is 73.6 Å². The molecule has 0 aliphatic rings. The summed E-state index contributed by atoms with van der Waals surface area (Å²) >= 11 is 0. The Hall–Kier alpha value is -7.69. The van der Waals surface area contributed by atoms with Crippen LogP contribution in [0.15, 0.2) is 205 Å². The van der Waals surface area contributed by atoms with Crippen molar-refractivity contribution in [2.45, 2.75) is 0 Å². The van der Waals surface area contributed by atoms with E-state index in [1.165, 1.54) is 16.5 Å². The van der Waals surface area contributed by atoms with Gasteiger partial charge in [0.2, 0.25) is 0 Å². The molecular weight excluding hydrogens is 695 g/mol. The van der Waals surface area contributed by atoms with Gasteiger partial charge in [0.15, 0.2) is 17.5 Å². The molecule has 0 unspecified atom stereocenters. The van der Waals surface area contributed by atoms with Gasteiger partial charge in [-0.15, -0.1) is 0 Å². The van der Waals surface area contributed by atoms with E-state index in [1.54, 1.807) is 0 Å². The molecule has 0 amide bonds. The van der Waals surface area contributed by atoms with Crippen LogP contribution in [-0.2, 0) is 0 Å². The maximum absolute atomic E-state index is 6.96. The molecule has 0 atom stereocenters. The van der Waals surface area contributed by atoms with Gasteiger partial charge in [-0.25, -0.2) is 15.0 Å². The van der Waals surface area contributed by atoms with E-state index in [4.69, 9.17) is 19.4 Å². The van der Waals surface area contributed by atoms with Crippen molar-refractivity contribution in [3.8, 4) is 67.5 Å². The molecule has 0 N–H and O–H groups in total. The van der Waals surface area contributed by atoms with Crippen molar-refractivity contribution in [3.05, 3.63) is 200 Å². The van der Waals surface area contributed by atoms with E-state index in [0.29, 0.717) is 17.5 Å². The minimum absolute atomic E-state index is 0.625. The van der Waals surface area contributed by atoms with Crippen molar-refractivity contribution in [3.63, 3.8) is 0 Å². The maximum atomic E-state index is 6.96. The van der Waals surface area contributed by atoms with Crippen molar-refractivity contribution in [2.75, 3.05) is 0 Å². The fraction of sp³-hybridized carbons (Fsp3) is 0. The van der Waals surface area contributed by atoms with E-state index in [-0.39, 0.29) is 0 Å². The molecule has 0 fully saturated rings. The molecule has 0 aliphatic carbocycles. The highest BCUT2D eigenvalue weighted by Gasteiger charge is 2.21. The number of fused-ring (bicyclic) bond motifs is 5. The second-order valence-electron chi connectivity index (χ2n) is 14.4. The van der Waals surface area contributed by atoms with Crippen LogP contribution in [0.3, 0.4) is 0 Å². The highest BCUT2D eigenvalue weighted by atomic mass is 16.3. The van der Waals surface area contributed by atoms with Gasteiger partial charge in [-0.1, -0.05) is 176 Å². The summed E-state index contributed by atoms with van der Waals surface area (Å²) in [5.41, 5.74) is 11.3. The van der Waals surface area contributed by atoms with E-state index >= 15 is 0 Å². The van der Waals surface area contributed by atoms with E-state index in [1.807, 2.05) is 60.7 Å². The maximum Gasteiger partial charge on any atom is 0.164 e. The average molecular weight is 728 g/mol. The predicted octanol–water partition coefficient (Wildman–Crippen LogP) is 14.1. The third-order valence-electron chi connectivity index (χ3n) is 10.9. The Morgan fingerprint density at radius 3 is 1.40 bits per heavy atom. The van der Waals surface area contributed by atoms with Gasteiger partial charge in [0.1, 0.15) is 11.2 Å². The minimum atomic E-state index is 0.625. The van der Waals surface area contributed by atoms with Crippen LogP contribution in [0.5, 0.6) is 0 Å². The van der Waals surface area contributed by atoms with Crippen LogP contribution in [0.1, 0.15) is 0 Å². The molecule has 2 heterocycles. The first kappa shape index (κ1) is 32.7. The molecule has 57 heavy (non-hydrogen) atoms. The standard InChI is InChI=1S/C53H33N3O/c1-4-14-34(15-5-1)35-24-26-36(27-25-35)41-28-30-45(50-49(41)47-32-39-20-10-11-21-40(39)33-48(47)57-50)44-29-31-46(43-23-13-12-22-42(43)44)53-55-51(37-16-6-2-7-17-37)54-52(56-53)38-18-8-3-9-19-38/h1-33H. The zero-order valence-electron chi connectivity index (χ0n) is 30.8. The molecule has 2 aromatic heterocycles. The molecule has 4 heteroatoms. The Morgan fingerprint density at radius 1 is 0.298 bits per heavy atom. The van der Waals surface area contributed by atoms with Gasteiger partial charge in [0, 0.05) is 33.0 Å². The first-order valence-electron chi connectivity index (χ1n) is 19.2. The summed E-state index contributed by atoms with van der Waals surface area (Å²) in [4.78, 5) is 15.1. The third-order valence-corrected chi connectivity index (χ3v) is 10.9.